The molecule has 0 unspecified atom stereocenters. The summed E-state index contributed by atoms with van der Waals surface area (Å²) in [5, 5.41) is 3.93. The molecule has 0 spiro atoms. The highest BCUT2D eigenvalue weighted by Crippen LogP contribution is 2.53. The van der Waals surface area contributed by atoms with Crippen LogP contribution in [0.15, 0.2) is 24.5 Å². The molecule has 1 aliphatic carbocycles. The molecule has 29 heavy (non-hydrogen) atoms. The van der Waals surface area contributed by atoms with Crippen LogP contribution in [0.4, 0.5) is 4.79 Å². The van der Waals surface area contributed by atoms with Gasteiger partial charge in [-0.2, -0.15) is 0 Å². The number of nitrogens with one attached hydrogen (secondary N) is 2. The van der Waals surface area contributed by atoms with Crippen molar-refractivity contribution in [3.8, 4) is 0 Å². The van der Waals surface area contributed by atoms with Crippen LogP contribution >= 0.6 is 0 Å². The summed E-state index contributed by atoms with van der Waals surface area (Å²) in [6, 6.07) is 3.68. The minimum Gasteiger partial charge on any atom is -0.446 e. The van der Waals surface area contributed by atoms with Gasteiger partial charge in [-0.1, -0.05) is 0 Å². The van der Waals surface area contributed by atoms with E-state index in [1.165, 1.54) is 0 Å². The molecule has 8 nitrogen and oxygen atoms in total. The number of hydrogen-bond donors (Lipinski definition) is 2. The first-order valence-corrected chi connectivity index (χ1v) is 10.4. The third-order valence-corrected chi connectivity index (χ3v) is 6.49. The molecule has 2 aromatic heterocycles. The SMILES string of the molecule is O=C(NCC[C@@H]1[C@H]2CN(C(=O)OC3CCOCC3)C[C@@H]12)c1cc2cnccc2[nH]1. The zero-order valence-corrected chi connectivity index (χ0v) is 16.3. The zero-order chi connectivity index (χ0) is 19.8. The van der Waals surface area contributed by atoms with Crippen molar-refractivity contribution in [2.24, 2.45) is 17.8 Å². The van der Waals surface area contributed by atoms with Gasteiger partial charge in [-0.25, -0.2) is 4.79 Å². The highest BCUT2D eigenvalue weighted by Gasteiger charge is 2.56. The predicted molar refractivity (Wildman–Crippen MR) is 105 cm³/mol. The van der Waals surface area contributed by atoms with Gasteiger partial charge in [0.05, 0.1) is 13.2 Å². The van der Waals surface area contributed by atoms with Crippen molar-refractivity contribution in [2.75, 3.05) is 32.8 Å². The average molecular weight is 398 g/mol. The van der Waals surface area contributed by atoms with Crippen molar-refractivity contribution in [1.82, 2.24) is 20.2 Å². The number of aromatic nitrogens is 2. The standard InChI is InChI=1S/C21H26N4O4/c26-20(19-9-13-10-22-5-2-18(13)24-19)23-6-1-15-16-11-25(12-17(15)16)21(27)29-14-3-7-28-8-4-14/h2,5,9-10,14-17,24H,1,3-4,6-8,11-12H2,(H,23,26)/t15-,16-,17+. The number of ether oxygens (including phenoxy) is 2. The van der Waals surface area contributed by atoms with Crippen molar-refractivity contribution in [2.45, 2.75) is 25.4 Å². The molecule has 1 saturated carbocycles. The van der Waals surface area contributed by atoms with Gasteiger partial charge in [0.1, 0.15) is 11.8 Å². The topological polar surface area (TPSA) is 96.6 Å². The number of H-pyrrole nitrogens is 1. The molecular formula is C21H26N4O4. The van der Waals surface area contributed by atoms with Crippen LogP contribution < -0.4 is 5.32 Å². The first kappa shape index (κ1) is 18.4. The van der Waals surface area contributed by atoms with E-state index in [0.29, 0.717) is 43.2 Å². The summed E-state index contributed by atoms with van der Waals surface area (Å²) in [5.74, 6) is 1.60. The molecule has 2 N–H and O–H groups in total. The highest BCUT2D eigenvalue weighted by atomic mass is 16.6. The van der Waals surface area contributed by atoms with E-state index in [4.69, 9.17) is 9.47 Å². The fourth-order valence-corrected chi connectivity index (χ4v) is 4.78. The maximum Gasteiger partial charge on any atom is 0.410 e. The van der Waals surface area contributed by atoms with E-state index in [-0.39, 0.29) is 18.1 Å². The summed E-state index contributed by atoms with van der Waals surface area (Å²) in [7, 11) is 0. The van der Waals surface area contributed by atoms with Crippen molar-refractivity contribution in [1.29, 1.82) is 0 Å². The quantitative estimate of drug-likeness (QED) is 0.805. The third-order valence-electron chi connectivity index (χ3n) is 6.49. The Morgan fingerprint density at radius 3 is 2.83 bits per heavy atom. The molecule has 3 atom stereocenters. The second kappa shape index (κ2) is 7.67. The van der Waals surface area contributed by atoms with E-state index in [1.807, 2.05) is 17.0 Å². The number of hydrogen-bond acceptors (Lipinski definition) is 5. The molecule has 2 aliphatic heterocycles. The number of aromatic amines is 1. The minimum absolute atomic E-state index is 0.000364. The Hall–Kier alpha value is -2.61. The summed E-state index contributed by atoms with van der Waals surface area (Å²) in [6.45, 7) is 3.55. The van der Waals surface area contributed by atoms with Crippen molar-refractivity contribution in [3.05, 3.63) is 30.2 Å². The van der Waals surface area contributed by atoms with E-state index in [0.717, 1.165) is 43.3 Å². The zero-order valence-electron chi connectivity index (χ0n) is 16.3. The van der Waals surface area contributed by atoms with Gasteiger partial charge in [-0.3, -0.25) is 9.78 Å². The van der Waals surface area contributed by atoms with Crippen molar-refractivity contribution >= 4 is 22.9 Å². The van der Waals surface area contributed by atoms with Crippen LogP contribution in [0.5, 0.6) is 0 Å². The monoisotopic (exact) mass is 398 g/mol. The number of carbonyl (C=O) groups is 2. The Labute approximate surface area is 168 Å². The number of likely N-dealkylation sites (tertiary alicyclic amines) is 1. The molecule has 0 bridgehead atoms. The Morgan fingerprint density at radius 1 is 1.28 bits per heavy atom. The summed E-state index contributed by atoms with van der Waals surface area (Å²) in [5.41, 5.74) is 1.47. The number of carbonyl (C=O) groups excluding carboxylic acids is 2. The van der Waals surface area contributed by atoms with E-state index in [9.17, 15) is 9.59 Å². The number of nitrogens with zero attached hydrogens (tertiary/aromatic N) is 2. The Bertz CT molecular complexity index is 862. The molecule has 2 amide bonds. The molecule has 0 radical (unpaired) electrons. The van der Waals surface area contributed by atoms with Gasteiger partial charge in [0, 0.05) is 55.8 Å². The lowest BCUT2D eigenvalue weighted by molar-refractivity contribution is -0.00949. The van der Waals surface area contributed by atoms with Gasteiger partial charge in [-0.15, -0.1) is 0 Å². The molecular weight excluding hydrogens is 372 g/mol. The van der Waals surface area contributed by atoms with Gasteiger partial charge in [0.15, 0.2) is 0 Å². The van der Waals surface area contributed by atoms with Gasteiger partial charge in [0.2, 0.25) is 0 Å². The molecule has 3 fully saturated rings. The van der Waals surface area contributed by atoms with Crippen molar-refractivity contribution in [3.63, 3.8) is 0 Å². The first-order chi connectivity index (χ1) is 14.2. The molecule has 4 heterocycles. The summed E-state index contributed by atoms with van der Waals surface area (Å²) < 4.78 is 10.9. The van der Waals surface area contributed by atoms with E-state index < -0.39 is 0 Å². The largest absolute Gasteiger partial charge is 0.446 e. The van der Waals surface area contributed by atoms with Crippen LogP contribution in [0.1, 0.15) is 29.8 Å². The average Bonchev–Trinajstić information content (AvgIpc) is 3.11. The predicted octanol–water partition coefficient (Wildman–Crippen LogP) is 2.18. The summed E-state index contributed by atoms with van der Waals surface area (Å²) in [6.07, 6.45) is 5.81. The van der Waals surface area contributed by atoms with Crippen molar-refractivity contribution < 1.29 is 19.1 Å². The Balaban J connectivity index is 1.04. The molecule has 3 aliphatic rings. The Morgan fingerprint density at radius 2 is 2.07 bits per heavy atom. The molecule has 0 aromatic carbocycles. The van der Waals surface area contributed by atoms with Gasteiger partial charge in [0.25, 0.3) is 5.91 Å². The smallest absolute Gasteiger partial charge is 0.410 e. The molecule has 2 saturated heterocycles. The summed E-state index contributed by atoms with van der Waals surface area (Å²) >= 11 is 0. The van der Waals surface area contributed by atoms with E-state index in [2.05, 4.69) is 15.3 Å². The summed E-state index contributed by atoms with van der Waals surface area (Å²) in [4.78, 5) is 33.7. The molecule has 2 aromatic rings. The minimum atomic E-state index is -0.176. The fourth-order valence-electron chi connectivity index (χ4n) is 4.78. The lowest BCUT2D eigenvalue weighted by Gasteiger charge is -2.26. The van der Waals surface area contributed by atoms with Gasteiger partial charge < -0.3 is 24.7 Å². The lowest BCUT2D eigenvalue weighted by Crippen LogP contribution is -2.36. The number of fused-ring (bicyclic) bond motifs is 2. The van der Waals surface area contributed by atoms with Gasteiger partial charge >= 0.3 is 6.09 Å². The fraction of sp³-hybridized carbons (Fsp3) is 0.571. The number of piperidine rings is 1. The number of amides is 2. The highest BCUT2D eigenvalue weighted by molar-refractivity contribution is 5.97. The second-order valence-electron chi connectivity index (χ2n) is 8.28. The molecule has 8 heteroatoms. The maximum atomic E-state index is 12.4. The molecule has 5 rings (SSSR count). The number of rotatable bonds is 5. The first-order valence-electron chi connectivity index (χ1n) is 10.4. The van der Waals surface area contributed by atoms with Crippen LogP contribution in [0.25, 0.3) is 10.9 Å². The molecule has 154 valence electrons. The normalized spacial score (nSPS) is 26.3. The van der Waals surface area contributed by atoms with Crippen LogP contribution in [-0.4, -0.2) is 65.8 Å². The maximum absolute atomic E-state index is 12.4. The van der Waals surface area contributed by atoms with Crippen LogP contribution in [0.3, 0.4) is 0 Å². The van der Waals surface area contributed by atoms with Crippen LogP contribution in [0.2, 0.25) is 0 Å². The third kappa shape index (κ3) is 3.81. The second-order valence-corrected chi connectivity index (χ2v) is 8.28. The Kier molecular flexibility index (Phi) is 4.87. The lowest BCUT2D eigenvalue weighted by atomic mass is 10.1. The van der Waals surface area contributed by atoms with E-state index in [1.54, 1.807) is 12.4 Å². The van der Waals surface area contributed by atoms with Crippen LogP contribution in [0, 0.1) is 17.8 Å². The van der Waals surface area contributed by atoms with E-state index >= 15 is 0 Å². The van der Waals surface area contributed by atoms with Gasteiger partial charge in [-0.05, 0) is 36.3 Å². The van der Waals surface area contributed by atoms with Crippen LogP contribution in [-0.2, 0) is 9.47 Å². The number of pyridine rings is 1.